The van der Waals surface area contributed by atoms with E-state index in [0.29, 0.717) is 5.56 Å². The SMILES string of the molecule is COc1cc(C(C)CC=O)cc(F)c1S(C)(=O)=O. The second-order valence-corrected chi connectivity index (χ2v) is 6.06. The molecule has 0 N–H and O–H groups in total. The lowest BCUT2D eigenvalue weighted by Gasteiger charge is -2.14. The van der Waals surface area contributed by atoms with Crippen LogP contribution in [0.5, 0.6) is 5.75 Å². The van der Waals surface area contributed by atoms with E-state index in [9.17, 15) is 17.6 Å². The van der Waals surface area contributed by atoms with Crippen LogP contribution in [0, 0.1) is 5.82 Å². The summed E-state index contributed by atoms with van der Waals surface area (Å²) < 4.78 is 41.7. The number of hydrogen-bond acceptors (Lipinski definition) is 4. The highest BCUT2D eigenvalue weighted by molar-refractivity contribution is 7.90. The molecule has 0 bridgehead atoms. The maximum Gasteiger partial charge on any atom is 0.182 e. The number of halogens is 1. The molecule has 0 radical (unpaired) electrons. The summed E-state index contributed by atoms with van der Waals surface area (Å²) >= 11 is 0. The monoisotopic (exact) mass is 274 g/mol. The van der Waals surface area contributed by atoms with Crippen LogP contribution >= 0.6 is 0 Å². The number of sulfone groups is 1. The summed E-state index contributed by atoms with van der Waals surface area (Å²) in [5.74, 6) is -1.09. The molecule has 1 atom stereocenters. The molecule has 1 rings (SSSR count). The predicted octanol–water partition coefficient (Wildman–Crippen LogP) is 1.93. The van der Waals surface area contributed by atoms with Gasteiger partial charge < -0.3 is 9.53 Å². The predicted molar refractivity (Wildman–Crippen MR) is 65.2 cm³/mol. The molecule has 0 aliphatic rings. The van der Waals surface area contributed by atoms with Crippen molar-refractivity contribution in [1.29, 1.82) is 0 Å². The molecule has 0 aliphatic heterocycles. The lowest BCUT2D eigenvalue weighted by Crippen LogP contribution is -2.06. The summed E-state index contributed by atoms with van der Waals surface area (Å²) in [6.45, 7) is 1.75. The molecule has 1 aromatic rings. The molecule has 6 heteroatoms. The third-order valence-electron chi connectivity index (χ3n) is 2.64. The van der Waals surface area contributed by atoms with E-state index >= 15 is 0 Å². The van der Waals surface area contributed by atoms with Crippen LogP contribution in [0.2, 0.25) is 0 Å². The fourth-order valence-electron chi connectivity index (χ4n) is 1.66. The minimum atomic E-state index is -3.70. The van der Waals surface area contributed by atoms with Crippen molar-refractivity contribution < 1.29 is 22.3 Å². The number of carbonyl (C=O) groups excluding carboxylic acids is 1. The first-order chi connectivity index (χ1) is 8.31. The van der Waals surface area contributed by atoms with E-state index in [2.05, 4.69) is 0 Å². The maximum absolute atomic E-state index is 13.8. The van der Waals surface area contributed by atoms with Crippen LogP contribution in [0.4, 0.5) is 4.39 Å². The lowest BCUT2D eigenvalue weighted by atomic mass is 9.98. The highest BCUT2D eigenvalue weighted by atomic mass is 32.2. The Labute approximate surface area is 106 Å². The molecule has 1 aromatic carbocycles. The lowest BCUT2D eigenvalue weighted by molar-refractivity contribution is -0.108. The van der Waals surface area contributed by atoms with Gasteiger partial charge in [-0.3, -0.25) is 0 Å². The third-order valence-corrected chi connectivity index (χ3v) is 3.78. The topological polar surface area (TPSA) is 60.4 Å². The summed E-state index contributed by atoms with van der Waals surface area (Å²) in [6.07, 6.45) is 1.89. The minimum absolute atomic E-state index is 0.0368. The zero-order valence-electron chi connectivity index (χ0n) is 10.4. The Kier molecular flexibility index (Phi) is 4.45. The summed E-state index contributed by atoms with van der Waals surface area (Å²) in [4.78, 5) is 9.98. The Balaban J connectivity index is 3.40. The summed E-state index contributed by atoms with van der Waals surface area (Å²) in [7, 11) is -2.43. The first kappa shape index (κ1) is 14.6. The number of benzene rings is 1. The van der Waals surface area contributed by atoms with Crippen molar-refractivity contribution in [1.82, 2.24) is 0 Å². The van der Waals surface area contributed by atoms with E-state index in [1.807, 2.05) is 0 Å². The summed E-state index contributed by atoms with van der Waals surface area (Å²) in [5.41, 5.74) is 0.531. The smallest absolute Gasteiger partial charge is 0.182 e. The number of rotatable bonds is 5. The van der Waals surface area contributed by atoms with Crippen molar-refractivity contribution in [3.8, 4) is 5.75 Å². The molecule has 0 saturated heterocycles. The Hall–Kier alpha value is -1.43. The average molecular weight is 274 g/mol. The van der Waals surface area contributed by atoms with Gasteiger partial charge in [0.15, 0.2) is 9.84 Å². The molecule has 4 nitrogen and oxygen atoms in total. The molecule has 100 valence electrons. The van der Waals surface area contributed by atoms with E-state index in [1.165, 1.54) is 13.2 Å². The minimum Gasteiger partial charge on any atom is -0.495 e. The number of methoxy groups -OCH3 is 1. The van der Waals surface area contributed by atoms with Crippen LogP contribution < -0.4 is 4.74 Å². The number of carbonyl (C=O) groups is 1. The van der Waals surface area contributed by atoms with Crippen molar-refractivity contribution in [3.05, 3.63) is 23.5 Å². The number of hydrogen-bond donors (Lipinski definition) is 0. The molecule has 0 amide bonds. The molecule has 1 unspecified atom stereocenters. The highest BCUT2D eigenvalue weighted by Gasteiger charge is 2.22. The van der Waals surface area contributed by atoms with Crippen LogP contribution in [-0.4, -0.2) is 28.1 Å². The molecule has 0 spiro atoms. The molecule has 0 aromatic heterocycles. The van der Waals surface area contributed by atoms with Gasteiger partial charge in [0.2, 0.25) is 0 Å². The Morgan fingerprint density at radius 2 is 2.06 bits per heavy atom. The molecular formula is C12H15FO4S. The van der Waals surface area contributed by atoms with Gasteiger partial charge >= 0.3 is 0 Å². The van der Waals surface area contributed by atoms with Gasteiger partial charge in [-0.15, -0.1) is 0 Å². The summed E-state index contributed by atoms with van der Waals surface area (Å²) in [5, 5.41) is 0. The fraction of sp³-hybridized carbons (Fsp3) is 0.417. The van der Waals surface area contributed by atoms with Crippen molar-refractivity contribution >= 4 is 16.1 Å². The first-order valence-electron chi connectivity index (χ1n) is 5.32. The number of ether oxygens (including phenoxy) is 1. The van der Waals surface area contributed by atoms with E-state index < -0.39 is 20.5 Å². The zero-order valence-corrected chi connectivity index (χ0v) is 11.3. The largest absolute Gasteiger partial charge is 0.495 e. The molecule has 0 heterocycles. The van der Waals surface area contributed by atoms with Gasteiger partial charge in [0.05, 0.1) is 7.11 Å². The Morgan fingerprint density at radius 1 is 1.44 bits per heavy atom. The average Bonchev–Trinajstić information content (AvgIpc) is 2.26. The van der Waals surface area contributed by atoms with E-state index in [0.717, 1.165) is 18.6 Å². The second kappa shape index (κ2) is 5.48. The molecule has 0 aliphatic carbocycles. The quantitative estimate of drug-likeness (QED) is 0.770. The van der Waals surface area contributed by atoms with Crippen molar-refractivity contribution in [3.63, 3.8) is 0 Å². The first-order valence-corrected chi connectivity index (χ1v) is 7.21. The number of aldehydes is 1. The van der Waals surface area contributed by atoms with Crippen LogP contribution in [0.15, 0.2) is 17.0 Å². The van der Waals surface area contributed by atoms with Crippen molar-refractivity contribution in [2.45, 2.75) is 24.2 Å². The van der Waals surface area contributed by atoms with E-state index in [4.69, 9.17) is 4.74 Å². The van der Waals surface area contributed by atoms with Crippen molar-refractivity contribution in [2.75, 3.05) is 13.4 Å². The fourth-order valence-corrected chi connectivity index (χ4v) is 2.59. The van der Waals surface area contributed by atoms with Crippen molar-refractivity contribution in [2.24, 2.45) is 0 Å². The third kappa shape index (κ3) is 3.07. The molecular weight excluding hydrogens is 259 g/mol. The van der Waals surface area contributed by atoms with Gasteiger partial charge in [-0.05, 0) is 23.6 Å². The van der Waals surface area contributed by atoms with Crippen LogP contribution in [0.25, 0.3) is 0 Å². The summed E-state index contributed by atoms with van der Waals surface area (Å²) in [6, 6.07) is 2.58. The van der Waals surface area contributed by atoms with E-state index in [-0.39, 0.29) is 18.1 Å². The van der Waals surface area contributed by atoms with Gasteiger partial charge in [0.25, 0.3) is 0 Å². The standard InChI is InChI=1S/C12H15FO4S/c1-8(4-5-14)9-6-10(13)12(18(3,15)16)11(7-9)17-2/h5-8H,4H2,1-3H3. The van der Waals surface area contributed by atoms with Gasteiger partial charge in [0, 0.05) is 12.7 Å². The molecule has 0 fully saturated rings. The highest BCUT2D eigenvalue weighted by Crippen LogP contribution is 2.31. The molecule has 0 saturated carbocycles. The van der Waals surface area contributed by atoms with Gasteiger partial charge in [-0.2, -0.15) is 0 Å². The Bertz CT molecular complexity index is 551. The van der Waals surface area contributed by atoms with Gasteiger partial charge in [0.1, 0.15) is 22.7 Å². The Morgan fingerprint density at radius 3 is 2.50 bits per heavy atom. The van der Waals surface area contributed by atoms with Crippen LogP contribution in [0.1, 0.15) is 24.8 Å². The second-order valence-electron chi connectivity index (χ2n) is 4.11. The van der Waals surface area contributed by atoms with Crippen LogP contribution in [0.3, 0.4) is 0 Å². The van der Waals surface area contributed by atoms with Gasteiger partial charge in [-0.25, -0.2) is 12.8 Å². The zero-order chi connectivity index (χ0) is 13.9. The van der Waals surface area contributed by atoms with Gasteiger partial charge in [-0.1, -0.05) is 6.92 Å². The normalized spacial score (nSPS) is 13.1. The maximum atomic E-state index is 13.8. The van der Waals surface area contributed by atoms with Crippen LogP contribution in [-0.2, 0) is 14.6 Å². The van der Waals surface area contributed by atoms with E-state index in [1.54, 1.807) is 6.92 Å². The molecule has 18 heavy (non-hydrogen) atoms.